The molecule has 0 aliphatic heterocycles. The van der Waals surface area contributed by atoms with Crippen molar-refractivity contribution in [2.24, 2.45) is 0 Å². The first kappa shape index (κ1) is 24.7. The van der Waals surface area contributed by atoms with Gasteiger partial charge < -0.3 is 0 Å². The predicted molar refractivity (Wildman–Crippen MR) is 64.7 cm³/mol. The van der Waals surface area contributed by atoms with Crippen LogP contribution in [0.3, 0.4) is 0 Å². The minimum Gasteiger partial charge on any atom is -0.270 e. The van der Waals surface area contributed by atoms with Gasteiger partial charge >= 0.3 is 0 Å². The summed E-state index contributed by atoms with van der Waals surface area (Å²) in [7, 11) is 0. The molecule has 4 heteroatoms. The summed E-state index contributed by atoms with van der Waals surface area (Å²) in [6.45, 7) is 6.44. The largest absolute Gasteiger partial charge is 0.270 e. The third-order valence-corrected chi connectivity index (χ3v) is 1.15. The third-order valence-electron chi connectivity index (χ3n) is 1.15. The van der Waals surface area contributed by atoms with Crippen LogP contribution in [0.25, 0.3) is 0 Å². The molecule has 0 aromatic carbocycles. The van der Waals surface area contributed by atoms with Gasteiger partial charge in [-0.25, -0.2) is 11.6 Å². The van der Waals surface area contributed by atoms with Gasteiger partial charge in [-0.1, -0.05) is 13.3 Å². The van der Waals surface area contributed by atoms with Crippen LogP contribution in [0.1, 0.15) is 40.5 Å². The van der Waals surface area contributed by atoms with Gasteiger partial charge in [-0.15, -0.1) is 6.42 Å². The molecule has 0 saturated heterocycles. The van der Waals surface area contributed by atoms with Crippen LogP contribution in [0.15, 0.2) is 17.7 Å². The van der Waals surface area contributed by atoms with Crippen LogP contribution >= 0.6 is 0 Å². The molecule has 0 bridgehead atoms. The van der Waals surface area contributed by atoms with E-state index < -0.39 is 0 Å². The molecule has 1 rings (SSSR count). The van der Waals surface area contributed by atoms with Gasteiger partial charge in [-0.2, -0.15) is 21.9 Å². The van der Waals surface area contributed by atoms with E-state index in [0.717, 1.165) is 12.8 Å². The maximum Gasteiger partial charge on any atom is 0.0587 e. The molecule has 92 valence electrons. The van der Waals surface area contributed by atoms with E-state index in [1.807, 2.05) is 0 Å². The molecule has 1 aliphatic carbocycles. The second kappa shape index (κ2) is 29.3. The van der Waals surface area contributed by atoms with Gasteiger partial charge in [-0.3, -0.25) is 6.08 Å². The van der Waals surface area contributed by atoms with Crippen molar-refractivity contribution in [3.63, 3.8) is 0 Å². The fraction of sp³-hybridized carbons (Fsp3) is 0.462. The van der Waals surface area contributed by atoms with Crippen molar-refractivity contribution in [2.45, 2.75) is 40.5 Å². The summed E-state index contributed by atoms with van der Waals surface area (Å²) in [5.41, 5.74) is 1.36. The first-order chi connectivity index (χ1) is 7.67. The van der Waals surface area contributed by atoms with Gasteiger partial charge in [0.15, 0.2) is 0 Å². The van der Waals surface area contributed by atoms with Crippen LogP contribution in [0.5, 0.6) is 0 Å². The first-order valence-corrected chi connectivity index (χ1v) is 4.87. The Hall–Kier alpha value is -1.36. The molecule has 17 heavy (non-hydrogen) atoms. The monoisotopic (exact) mass is 400 g/mol. The Kier molecular flexibility index (Phi) is 42.7. The van der Waals surface area contributed by atoms with Gasteiger partial charge in [-0.05, 0) is 0 Å². The van der Waals surface area contributed by atoms with E-state index in [9.17, 15) is 0 Å². The van der Waals surface area contributed by atoms with E-state index in [2.05, 4.69) is 25.2 Å². The molecule has 0 aromatic heterocycles. The van der Waals surface area contributed by atoms with Crippen LogP contribution in [0, 0.1) is 40.1 Å². The minimum atomic E-state index is 0. The van der Waals surface area contributed by atoms with E-state index >= 15 is 0 Å². The standard InChI is InChI=1S/C7H9.3C2H3N.W/c1-2-7-5-3-4-6-7;3*1-2-3;/h3,5H,2,4H2,1H3;3*1H3;/q-1;;;;. The normalized spacial score (nSPS) is 8.65. The number of hydrogen-bond donors (Lipinski definition) is 0. The van der Waals surface area contributed by atoms with Crippen LogP contribution in [-0.2, 0) is 21.1 Å². The molecule has 0 amide bonds. The second-order valence-electron chi connectivity index (χ2n) is 2.33. The van der Waals surface area contributed by atoms with Crippen molar-refractivity contribution < 1.29 is 21.1 Å². The average Bonchev–Trinajstić information content (AvgIpc) is 2.73. The molecule has 0 aromatic rings. The van der Waals surface area contributed by atoms with E-state index in [1.54, 1.807) is 18.2 Å². The Morgan fingerprint density at radius 2 is 1.47 bits per heavy atom. The summed E-state index contributed by atoms with van der Waals surface area (Å²) >= 11 is 0. The molecule has 1 aliphatic rings. The number of rotatable bonds is 1. The summed E-state index contributed by atoms with van der Waals surface area (Å²) < 4.78 is 0. The van der Waals surface area contributed by atoms with E-state index in [0.29, 0.717) is 0 Å². The van der Waals surface area contributed by atoms with E-state index in [4.69, 9.17) is 15.8 Å². The summed E-state index contributed by atoms with van der Waals surface area (Å²) in [6, 6.07) is 5.25. The summed E-state index contributed by atoms with van der Waals surface area (Å²) in [4.78, 5) is 0. The van der Waals surface area contributed by atoms with Crippen LogP contribution in [-0.4, -0.2) is 0 Å². The zero-order valence-electron chi connectivity index (χ0n) is 10.8. The molecule has 0 N–H and O–H groups in total. The molecule has 0 spiro atoms. The fourth-order valence-electron chi connectivity index (χ4n) is 0.693. The summed E-state index contributed by atoms with van der Waals surface area (Å²) in [5.74, 6) is 0. The van der Waals surface area contributed by atoms with Crippen LogP contribution in [0.2, 0.25) is 0 Å². The Bertz CT molecular complexity index is 282. The second-order valence-corrected chi connectivity index (χ2v) is 2.33. The predicted octanol–water partition coefficient (Wildman–Crippen LogP) is 3.67. The molecule has 0 unspecified atom stereocenters. The molecule has 0 fully saturated rings. The average molecular weight is 400 g/mol. The Morgan fingerprint density at radius 3 is 1.59 bits per heavy atom. The molecular formula is C13H18N3W-. The zero-order valence-corrected chi connectivity index (χ0v) is 13.8. The molecule has 3 nitrogen and oxygen atoms in total. The molecule has 0 heterocycles. The SMILES string of the molecule is CC#N.CC#N.CC#N.CCC1=[C-]CC=C1.[W]. The summed E-state index contributed by atoms with van der Waals surface area (Å²) in [6.07, 6.45) is 9.65. The quantitative estimate of drug-likeness (QED) is 0.631. The van der Waals surface area contributed by atoms with Gasteiger partial charge in [0.05, 0.1) is 18.2 Å². The fourth-order valence-corrected chi connectivity index (χ4v) is 0.693. The maximum absolute atomic E-state index is 7.32. The third kappa shape index (κ3) is 40.1. The first-order valence-electron chi connectivity index (χ1n) is 4.87. The minimum absolute atomic E-state index is 0. The van der Waals surface area contributed by atoms with Gasteiger partial charge in [0.25, 0.3) is 0 Å². The topological polar surface area (TPSA) is 71.4 Å². The number of nitriles is 3. The molecule has 0 radical (unpaired) electrons. The van der Waals surface area contributed by atoms with Crippen molar-refractivity contribution in [1.82, 2.24) is 0 Å². The van der Waals surface area contributed by atoms with Crippen molar-refractivity contribution in [3.8, 4) is 18.2 Å². The smallest absolute Gasteiger partial charge is 0.0587 e. The van der Waals surface area contributed by atoms with E-state index in [-0.39, 0.29) is 21.1 Å². The summed E-state index contributed by atoms with van der Waals surface area (Å²) in [5, 5.41) is 22.0. The van der Waals surface area contributed by atoms with Crippen molar-refractivity contribution in [1.29, 1.82) is 15.8 Å². The van der Waals surface area contributed by atoms with Gasteiger partial charge in [0.1, 0.15) is 0 Å². The van der Waals surface area contributed by atoms with Gasteiger partial charge in [0.2, 0.25) is 0 Å². The van der Waals surface area contributed by atoms with Crippen LogP contribution in [0.4, 0.5) is 0 Å². The number of hydrogen-bond acceptors (Lipinski definition) is 3. The van der Waals surface area contributed by atoms with Crippen molar-refractivity contribution >= 4 is 0 Å². The Morgan fingerprint density at radius 1 is 1.12 bits per heavy atom. The number of nitrogens with zero attached hydrogens (tertiary/aromatic N) is 3. The maximum atomic E-state index is 7.32. The van der Waals surface area contributed by atoms with Crippen molar-refractivity contribution in [2.75, 3.05) is 0 Å². The number of allylic oxidation sites excluding steroid dienone is 4. The molecular weight excluding hydrogens is 382 g/mol. The van der Waals surface area contributed by atoms with Gasteiger partial charge in [0, 0.05) is 41.8 Å². The molecule has 0 saturated carbocycles. The Labute approximate surface area is 119 Å². The molecule has 0 atom stereocenters. The zero-order chi connectivity index (χ0) is 13.2. The van der Waals surface area contributed by atoms with Crippen molar-refractivity contribution in [3.05, 3.63) is 23.8 Å². The Balaban J connectivity index is -0.0000000734. The van der Waals surface area contributed by atoms with E-state index in [1.165, 1.54) is 26.3 Å². The van der Waals surface area contributed by atoms with Crippen LogP contribution < -0.4 is 0 Å².